The first kappa shape index (κ1) is 19.2. The number of benzene rings is 2. The van der Waals surface area contributed by atoms with Crippen LogP contribution in [0.1, 0.15) is 21.7 Å². The summed E-state index contributed by atoms with van der Waals surface area (Å²) in [5.41, 5.74) is 1.64. The monoisotopic (exact) mass is 404 g/mol. The highest BCUT2D eigenvalue weighted by atomic mass is 35.5. The Morgan fingerprint density at radius 3 is 2.63 bits per heavy atom. The molecule has 140 valence electrons. The van der Waals surface area contributed by atoms with Crippen molar-refractivity contribution in [3.8, 4) is 0 Å². The van der Waals surface area contributed by atoms with Crippen LogP contribution in [0.5, 0.6) is 0 Å². The molecular weight excluding hydrogens is 388 g/mol. The molecule has 0 aliphatic carbocycles. The quantitative estimate of drug-likeness (QED) is 0.650. The van der Waals surface area contributed by atoms with E-state index in [4.69, 9.17) is 16.0 Å². The van der Waals surface area contributed by atoms with E-state index in [2.05, 4.69) is 10.0 Å². The normalized spacial score (nSPS) is 11.3. The zero-order valence-electron chi connectivity index (χ0n) is 14.4. The molecule has 0 fully saturated rings. The molecule has 0 unspecified atom stereocenters. The minimum Gasteiger partial charge on any atom is -0.468 e. The summed E-state index contributed by atoms with van der Waals surface area (Å²) in [6.45, 7) is 1.88. The van der Waals surface area contributed by atoms with E-state index in [-0.39, 0.29) is 17.0 Å². The SMILES string of the molecule is Cc1ccc(NC(=O)c2cccc(S(=O)(=O)NCc3ccco3)c2)cc1Cl. The molecule has 1 aromatic heterocycles. The van der Waals surface area contributed by atoms with Crippen LogP contribution in [-0.4, -0.2) is 14.3 Å². The number of anilines is 1. The molecule has 1 amide bonds. The number of carbonyl (C=O) groups is 1. The highest BCUT2D eigenvalue weighted by molar-refractivity contribution is 7.89. The van der Waals surface area contributed by atoms with Crippen LogP contribution in [0, 0.1) is 6.92 Å². The number of nitrogens with one attached hydrogen (secondary N) is 2. The van der Waals surface area contributed by atoms with Crippen LogP contribution < -0.4 is 10.0 Å². The van der Waals surface area contributed by atoms with Gasteiger partial charge in [-0.1, -0.05) is 23.7 Å². The molecule has 0 bridgehead atoms. The van der Waals surface area contributed by atoms with Gasteiger partial charge in [0.2, 0.25) is 10.0 Å². The van der Waals surface area contributed by atoms with Crippen LogP contribution in [0.15, 0.2) is 70.2 Å². The summed E-state index contributed by atoms with van der Waals surface area (Å²) >= 11 is 6.06. The van der Waals surface area contributed by atoms with E-state index < -0.39 is 15.9 Å². The van der Waals surface area contributed by atoms with Gasteiger partial charge in [0.05, 0.1) is 17.7 Å². The number of hydrogen-bond acceptors (Lipinski definition) is 4. The van der Waals surface area contributed by atoms with Crippen molar-refractivity contribution in [2.24, 2.45) is 0 Å². The summed E-state index contributed by atoms with van der Waals surface area (Å²) in [4.78, 5) is 12.4. The highest BCUT2D eigenvalue weighted by Crippen LogP contribution is 2.21. The minimum absolute atomic E-state index is 0.0105. The largest absolute Gasteiger partial charge is 0.468 e. The molecule has 0 saturated heterocycles. The van der Waals surface area contributed by atoms with Gasteiger partial charge in [-0.3, -0.25) is 4.79 Å². The molecular formula is C19H17ClN2O4S. The van der Waals surface area contributed by atoms with Gasteiger partial charge < -0.3 is 9.73 Å². The number of aryl methyl sites for hydroxylation is 1. The molecule has 2 aromatic carbocycles. The fourth-order valence-corrected chi connectivity index (χ4v) is 3.56. The van der Waals surface area contributed by atoms with Crippen LogP contribution in [-0.2, 0) is 16.6 Å². The van der Waals surface area contributed by atoms with Gasteiger partial charge in [0, 0.05) is 16.3 Å². The second kappa shape index (κ2) is 7.96. The summed E-state index contributed by atoms with van der Waals surface area (Å²) in [5.74, 6) is 0.0572. The maximum absolute atomic E-state index is 12.4. The van der Waals surface area contributed by atoms with Crippen LogP contribution >= 0.6 is 11.6 Å². The average molecular weight is 405 g/mol. The lowest BCUT2D eigenvalue weighted by molar-refractivity contribution is 0.102. The first-order chi connectivity index (χ1) is 12.8. The molecule has 27 heavy (non-hydrogen) atoms. The van der Waals surface area contributed by atoms with E-state index in [1.54, 1.807) is 30.3 Å². The van der Waals surface area contributed by atoms with Crippen LogP contribution in [0.4, 0.5) is 5.69 Å². The summed E-state index contributed by atoms with van der Waals surface area (Å²) in [6.07, 6.45) is 1.46. The van der Waals surface area contributed by atoms with E-state index in [0.717, 1.165) is 5.56 Å². The highest BCUT2D eigenvalue weighted by Gasteiger charge is 2.17. The Kier molecular flexibility index (Phi) is 5.65. The Bertz CT molecular complexity index is 1060. The van der Waals surface area contributed by atoms with E-state index in [9.17, 15) is 13.2 Å². The van der Waals surface area contributed by atoms with Crippen molar-refractivity contribution in [2.45, 2.75) is 18.4 Å². The summed E-state index contributed by atoms with van der Waals surface area (Å²) in [6, 6.07) is 14.3. The third kappa shape index (κ3) is 4.77. The van der Waals surface area contributed by atoms with Crippen LogP contribution in [0.3, 0.4) is 0 Å². The van der Waals surface area contributed by atoms with Crippen molar-refractivity contribution >= 4 is 33.2 Å². The van der Waals surface area contributed by atoms with E-state index in [1.165, 1.54) is 30.5 Å². The Balaban J connectivity index is 1.75. The summed E-state index contributed by atoms with van der Waals surface area (Å²) in [7, 11) is -3.79. The zero-order valence-corrected chi connectivity index (χ0v) is 16.0. The first-order valence-corrected chi connectivity index (χ1v) is 9.91. The topological polar surface area (TPSA) is 88.4 Å². The van der Waals surface area contributed by atoms with Gasteiger partial charge >= 0.3 is 0 Å². The molecule has 0 spiro atoms. The van der Waals surface area contributed by atoms with Crippen molar-refractivity contribution in [1.29, 1.82) is 0 Å². The summed E-state index contributed by atoms with van der Waals surface area (Å²) in [5, 5.41) is 3.24. The number of amides is 1. The lowest BCUT2D eigenvalue weighted by Crippen LogP contribution is -2.23. The third-order valence-corrected chi connectivity index (χ3v) is 5.66. The number of carbonyl (C=O) groups excluding carboxylic acids is 1. The molecule has 3 rings (SSSR count). The Hall–Kier alpha value is -2.61. The van der Waals surface area contributed by atoms with Gasteiger partial charge in [-0.2, -0.15) is 0 Å². The van der Waals surface area contributed by atoms with Crippen molar-refractivity contribution in [3.05, 3.63) is 82.8 Å². The molecule has 3 aromatic rings. The van der Waals surface area contributed by atoms with Crippen LogP contribution in [0.2, 0.25) is 5.02 Å². The first-order valence-electron chi connectivity index (χ1n) is 8.05. The average Bonchev–Trinajstić information content (AvgIpc) is 3.17. The molecule has 0 aliphatic heterocycles. The molecule has 0 atom stereocenters. The van der Waals surface area contributed by atoms with E-state index in [1.807, 2.05) is 6.92 Å². The molecule has 0 aliphatic rings. The number of sulfonamides is 1. The minimum atomic E-state index is -3.79. The van der Waals surface area contributed by atoms with Gasteiger partial charge in [0.15, 0.2) is 0 Å². The van der Waals surface area contributed by atoms with Crippen molar-refractivity contribution in [1.82, 2.24) is 4.72 Å². The molecule has 2 N–H and O–H groups in total. The van der Waals surface area contributed by atoms with Gasteiger partial charge in [-0.25, -0.2) is 13.1 Å². The maximum Gasteiger partial charge on any atom is 0.255 e. The van der Waals surface area contributed by atoms with Gasteiger partial charge in [-0.05, 0) is 55.0 Å². The Morgan fingerprint density at radius 2 is 1.93 bits per heavy atom. The lowest BCUT2D eigenvalue weighted by atomic mass is 10.2. The Labute approximate surface area is 162 Å². The second-order valence-electron chi connectivity index (χ2n) is 5.85. The lowest BCUT2D eigenvalue weighted by Gasteiger charge is -2.09. The number of halogens is 1. The van der Waals surface area contributed by atoms with Gasteiger partial charge in [-0.15, -0.1) is 0 Å². The zero-order chi connectivity index (χ0) is 19.4. The Morgan fingerprint density at radius 1 is 1.11 bits per heavy atom. The standard InChI is InChI=1S/C19H17ClN2O4S/c1-13-7-8-15(11-18(13)20)22-19(23)14-4-2-6-17(10-14)27(24,25)21-12-16-5-3-9-26-16/h2-11,21H,12H2,1H3,(H,22,23). The van der Waals surface area contributed by atoms with Crippen molar-refractivity contribution in [2.75, 3.05) is 5.32 Å². The number of furan rings is 1. The predicted octanol–water partition coefficient (Wildman–Crippen LogP) is 3.97. The number of hydrogen-bond donors (Lipinski definition) is 2. The van der Waals surface area contributed by atoms with Gasteiger partial charge in [0.25, 0.3) is 5.91 Å². The van der Waals surface area contributed by atoms with E-state index in [0.29, 0.717) is 16.5 Å². The van der Waals surface area contributed by atoms with Crippen molar-refractivity contribution < 1.29 is 17.6 Å². The molecule has 6 nitrogen and oxygen atoms in total. The maximum atomic E-state index is 12.4. The molecule has 0 saturated carbocycles. The third-order valence-electron chi connectivity index (χ3n) is 3.85. The fourth-order valence-electron chi connectivity index (χ4n) is 2.34. The molecule has 1 heterocycles. The van der Waals surface area contributed by atoms with E-state index >= 15 is 0 Å². The van der Waals surface area contributed by atoms with Crippen LogP contribution in [0.25, 0.3) is 0 Å². The smallest absolute Gasteiger partial charge is 0.255 e. The molecule has 8 heteroatoms. The second-order valence-corrected chi connectivity index (χ2v) is 8.02. The van der Waals surface area contributed by atoms with Crippen molar-refractivity contribution in [3.63, 3.8) is 0 Å². The predicted molar refractivity (Wildman–Crippen MR) is 103 cm³/mol. The fraction of sp³-hybridized carbons (Fsp3) is 0.105. The summed E-state index contributed by atoms with van der Waals surface area (Å²) < 4.78 is 32.4. The molecule has 0 radical (unpaired) electrons. The van der Waals surface area contributed by atoms with Gasteiger partial charge in [0.1, 0.15) is 5.76 Å². The number of rotatable bonds is 6.